The van der Waals surface area contributed by atoms with Crippen LogP contribution in [0.3, 0.4) is 0 Å². The van der Waals surface area contributed by atoms with E-state index in [-0.39, 0.29) is 11.7 Å². The van der Waals surface area contributed by atoms with Gasteiger partial charge >= 0.3 is 0 Å². The van der Waals surface area contributed by atoms with Crippen molar-refractivity contribution in [2.45, 2.75) is 12.1 Å². The Balaban J connectivity index is 1.49. The summed E-state index contributed by atoms with van der Waals surface area (Å²) in [5.74, 6) is 0.678. The lowest BCUT2D eigenvalue weighted by molar-refractivity contribution is -0.113. The van der Waals surface area contributed by atoms with E-state index in [1.54, 1.807) is 11.8 Å². The van der Waals surface area contributed by atoms with Crippen LogP contribution in [-0.4, -0.2) is 39.0 Å². The summed E-state index contributed by atoms with van der Waals surface area (Å²) in [4.78, 5) is 12.7. The van der Waals surface area contributed by atoms with Crippen molar-refractivity contribution >= 4 is 23.4 Å². The molecular formula is C23H21N5O2S. The van der Waals surface area contributed by atoms with Crippen LogP contribution in [0.15, 0.2) is 78.0 Å². The number of hydrogen-bond acceptors (Lipinski definition) is 6. The molecule has 0 saturated carbocycles. The van der Waals surface area contributed by atoms with Crippen LogP contribution in [0.25, 0.3) is 16.8 Å². The van der Waals surface area contributed by atoms with Gasteiger partial charge in [0.25, 0.3) is 0 Å². The van der Waals surface area contributed by atoms with Crippen LogP contribution in [0.4, 0.5) is 5.69 Å². The lowest BCUT2D eigenvalue weighted by atomic mass is 10.0. The molecule has 7 nitrogen and oxygen atoms in total. The maximum atomic E-state index is 12.7. The fourth-order valence-corrected chi connectivity index (χ4v) is 3.85. The van der Waals surface area contributed by atoms with Crippen LogP contribution >= 0.6 is 11.8 Å². The minimum absolute atomic E-state index is 0.140. The summed E-state index contributed by atoms with van der Waals surface area (Å²) in [5.41, 5.74) is 4.55. The third-order valence-electron chi connectivity index (χ3n) is 4.62. The van der Waals surface area contributed by atoms with E-state index in [0.717, 1.165) is 28.1 Å². The van der Waals surface area contributed by atoms with E-state index in [2.05, 4.69) is 20.8 Å². The summed E-state index contributed by atoms with van der Waals surface area (Å²) in [6.07, 6.45) is 0. The first-order valence-corrected chi connectivity index (χ1v) is 10.6. The number of anilines is 1. The number of nitrogens with zero attached hydrogens (tertiary/aromatic N) is 4. The number of nitrogens with one attached hydrogen (secondary N) is 1. The molecule has 31 heavy (non-hydrogen) atoms. The van der Waals surface area contributed by atoms with Crippen molar-refractivity contribution in [3.05, 3.63) is 78.4 Å². The van der Waals surface area contributed by atoms with Gasteiger partial charge in [-0.15, -0.1) is 5.10 Å². The molecule has 156 valence electrons. The third kappa shape index (κ3) is 4.75. The summed E-state index contributed by atoms with van der Waals surface area (Å²) in [6.45, 7) is 1.98. The molecule has 0 bridgehead atoms. The molecule has 0 spiro atoms. The van der Waals surface area contributed by atoms with Crippen molar-refractivity contribution in [2.75, 3.05) is 18.2 Å². The first-order valence-electron chi connectivity index (χ1n) is 9.66. The Hall–Kier alpha value is -3.65. The smallest absolute Gasteiger partial charge is 0.234 e. The maximum absolute atomic E-state index is 12.7. The summed E-state index contributed by atoms with van der Waals surface area (Å²) in [5, 5.41) is 15.4. The van der Waals surface area contributed by atoms with Crippen molar-refractivity contribution in [1.82, 2.24) is 20.2 Å². The van der Waals surface area contributed by atoms with Crippen LogP contribution in [0.2, 0.25) is 0 Å². The fourth-order valence-electron chi connectivity index (χ4n) is 3.16. The van der Waals surface area contributed by atoms with Crippen molar-refractivity contribution in [2.24, 2.45) is 0 Å². The molecule has 0 aliphatic rings. The Bertz CT molecular complexity index is 1190. The molecule has 0 radical (unpaired) electrons. The number of benzene rings is 3. The molecule has 1 N–H and O–H groups in total. The van der Waals surface area contributed by atoms with Gasteiger partial charge in [0.2, 0.25) is 11.1 Å². The maximum Gasteiger partial charge on any atom is 0.234 e. The average Bonchev–Trinajstić information content (AvgIpc) is 3.27. The lowest BCUT2D eigenvalue weighted by Gasteiger charge is -2.12. The molecule has 0 atom stereocenters. The zero-order valence-electron chi connectivity index (χ0n) is 17.1. The molecule has 0 aliphatic heterocycles. The second-order valence-corrected chi connectivity index (χ2v) is 7.74. The van der Waals surface area contributed by atoms with Gasteiger partial charge in [0.05, 0.1) is 12.9 Å². The fraction of sp³-hybridized carbons (Fsp3) is 0.130. The Kier molecular flexibility index (Phi) is 6.28. The summed E-state index contributed by atoms with van der Waals surface area (Å²) in [6, 6.07) is 23.5. The van der Waals surface area contributed by atoms with Gasteiger partial charge in [-0.3, -0.25) is 4.79 Å². The van der Waals surface area contributed by atoms with Crippen LogP contribution in [0.5, 0.6) is 5.75 Å². The third-order valence-corrected chi connectivity index (χ3v) is 5.54. The average molecular weight is 432 g/mol. The highest BCUT2D eigenvalue weighted by atomic mass is 32.2. The van der Waals surface area contributed by atoms with Crippen LogP contribution in [0, 0.1) is 6.92 Å². The van der Waals surface area contributed by atoms with Crippen molar-refractivity contribution < 1.29 is 9.53 Å². The molecule has 1 heterocycles. The number of amides is 1. The van der Waals surface area contributed by atoms with Gasteiger partial charge in [-0.2, -0.15) is 4.68 Å². The predicted octanol–water partition coefficient (Wildman–Crippen LogP) is 4.38. The number of rotatable bonds is 7. The predicted molar refractivity (Wildman–Crippen MR) is 122 cm³/mol. The number of aromatic nitrogens is 4. The number of thioether (sulfide) groups is 1. The molecule has 8 heteroatoms. The minimum Gasteiger partial charge on any atom is -0.494 e. The largest absolute Gasteiger partial charge is 0.494 e. The van der Waals surface area contributed by atoms with Crippen LogP contribution in [-0.2, 0) is 4.79 Å². The second-order valence-electron chi connectivity index (χ2n) is 6.80. The van der Waals surface area contributed by atoms with E-state index < -0.39 is 0 Å². The minimum atomic E-state index is -0.140. The molecule has 1 aromatic heterocycles. The quantitative estimate of drug-likeness (QED) is 0.438. The number of carbonyl (C=O) groups is 1. The number of ether oxygens (including phenoxy) is 1. The number of aryl methyl sites for hydroxylation is 1. The Labute approximate surface area is 184 Å². The lowest BCUT2D eigenvalue weighted by Crippen LogP contribution is -2.15. The zero-order valence-corrected chi connectivity index (χ0v) is 18.0. The summed E-state index contributed by atoms with van der Waals surface area (Å²) >= 11 is 1.26. The normalized spacial score (nSPS) is 10.6. The van der Waals surface area contributed by atoms with E-state index in [1.165, 1.54) is 11.8 Å². The van der Waals surface area contributed by atoms with Crippen molar-refractivity contribution in [3.8, 4) is 22.6 Å². The monoisotopic (exact) mass is 431 g/mol. The van der Waals surface area contributed by atoms with Gasteiger partial charge in [-0.05, 0) is 46.7 Å². The van der Waals surface area contributed by atoms with E-state index >= 15 is 0 Å². The van der Waals surface area contributed by atoms with Crippen LogP contribution < -0.4 is 10.1 Å². The first-order chi connectivity index (χ1) is 15.2. The topological polar surface area (TPSA) is 81.9 Å². The highest BCUT2D eigenvalue weighted by molar-refractivity contribution is 7.99. The standard InChI is InChI=1S/C23H21N5O2S/c1-16-12-13-21(30-2)20(14-16)28-23(25-26-27-28)31-15-22(29)24-19-11-7-6-10-18(19)17-8-4-3-5-9-17/h3-14H,15H2,1-2H3,(H,24,29). The van der Waals surface area contributed by atoms with Gasteiger partial charge in [-0.25, -0.2) is 0 Å². The number of hydrogen-bond donors (Lipinski definition) is 1. The van der Waals surface area contributed by atoms with Gasteiger partial charge < -0.3 is 10.1 Å². The van der Waals surface area contributed by atoms with Crippen LogP contribution in [0.1, 0.15) is 5.56 Å². The van der Waals surface area contributed by atoms with E-state index in [4.69, 9.17) is 4.74 Å². The van der Waals surface area contributed by atoms with Gasteiger partial charge in [0, 0.05) is 11.3 Å². The SMILES string of the molecule is COc1ccc(C)cc1-n1nnnc1SCC(=O)Nc1ccccc1-c1ccccc1. The number of tetrazole rings is 1. The first kappa shape index (κ1) is 20.6. The molecule has 0 aliphatic carbocycles. The molecular weight excluding hydrogens is 410 g/mol. The molecule has 4 aromatic rings. The highest BCUT2D eigenvalue weighted by Crippen LogP contribution is 2.29. The highest BCUT2D eigenvalue weighted by Gasteiger charge is 2.16. The molecule has 0 unspecified atom stereocenters. The van der Waals surface area contributed by atoms with Crippen molar-refractivity contribution in [3.63, 3.8) is 0 Å². The Morgan fingerprint density at radius 1 is 1.06 bits per heavy atom. The molecule has 4 rings (SSSR count). The van der Waals surface area contributed by atoms with Gasteiger partial charge in [0.1, 0.15) is 11.4 Å². The zero-order chi connectivity index (χ0) is 21.6. The number of methoxy groups -OCH3 is 1. The summed E-state index contributed by atoms with van der Waals surface area (Å²) < 4.78 is 7.02. The Morgan fingerprint density at radius 3 is 2.65 bits per heavy atom. The number of para-hydroxylation sites is 1. The van der Waals surface area contributed by atoms with E-state index in [9.17, 15) is 4.79 Å². The molecule has 0 saturated heterocycles. The summed E-state index contributed by atoms with van der Waals surface area (Å²) in [7, 11) is 1.60. The van der Waals surface area contributed by atoms with E-state index in [1.807, 2.05) is 79.7 Å². The van der Waals surface area contributed by atoms with Gasteiger partial charge in [0.15, 0.2) is 0 Å². The van der Waals surface area contributed by atoms with Crippen molar-refractivity contribution in [1.29, 1.82) is 0 Å². The van der Waals surface area contributed by atoms with E-state index in [0.29, 0.717) is 10.9 Å². The number of carbonyl (C=O) groups excluding carboxylic acids is 1. The second kappa shape index (κ2) is 9.44. The Morgan fingerprint density at radius 2 is 1.84 bits per heavy atom. The molecule has 0 fully saturated rings. The molecule has 1 amide bonds. The van der Waals surface area contributed by atoms with Gasteiger partial charge in [-0.1, -0.05) is 66.4 Å². The molecule has 3 aromatic carbocycles.